The van der Waals surface area contributed by atoms with Gasteiger partial charge < -0.3 is 4.74 Å². The molecular formula is C4H7O3. The van der Waals surface area contributed by atoms with Crippen molar-refractivity contribution in [2.75, 3.05) is 0 Å². The van der Waals surface area contributed by atoms with Crippen molar-refractivity contribution in [3.63, 3.8) is 0 Å². The fourth-order valence-electron chi connectivity index (χ4n) is 0.202. The molecule has 0 fully saturated rings. The quantitative estimate of drug-likeness (QED) is 0.325. The van der Waals surface area contributed by atoms with Crippen LogP contribution < -0.4 is 0 Å². The second-order valence-electron chi connectivity index (χ2n) is 1.09. The van der Waals surface area contributed by atoms with Crippen LogP contribution in [0.3, 0.4) is 0 Å². The number of hydrogen-bond donors (Lipinski definition) is 0. The maximum atomic E-state index is 9.81. The highest BCUT2D eigenvalue weighted by Crippen LogP contribution is 1.73. The van der Waals surface area contributed by atoms with E-state index >= 15 is 0 Å². The predicted molar refractivity (Wildman–Crippen MR) is 23.6 cm³/mol. The Balaban J connectivity index is 0. The monoisotopic (exact) mass is 103 g/mol. The van der Waals surface area contributed by atoms with Crippen LogP contribution >= 0.6 is 0 Å². The van der Waals surface area contributed by atoms with Gasteiger partial charge in [-0.2, -0.15) is 0 Å². The molecule has 7 heavy (non-hydrogen) atoms. The molecule has 0 aliphatic rings. The summed E-state index contributed by atoms with van der Waals surface area (Å²) in [4.78, 5) is 19.6. The highest BCUT2D eigenvalue weighted by Gasteiger charge is 1.93. The van der Waals surface area contributed by atoms with Gasteiger partial charge in [-0.3, -0.25) is 9.59 Å². The molecule has 0 aliphatic heterocycles. The third-order valence-electron chi connectivity index (χ3n) is 0.287. The molecular weight excluding hydrogens is 96.0 g/mol. The second-order valence-corrected chi connectivity index (χ2v) is 1.09. The third kappa shape index (κ3) is 5.14. The van der Waals surface area contributed by atoms with E-state index < -0.39 is 11.9 Å². The second kappa shape index (κ2) is 2.34. The summed E-state index contributed by atoms with van der Waals surface area (Å²) in [6.45, 7) is 2.36. The largest absolute Gasteiger partial charge is 0.394 e. The van der Waals surface area contributed by atoms with E-state index in [2.05, 4.69) is 4.74 Å². The van der Waals surface area contributed by atoms with Crippen molar-refractivity contribution in [3.8, 4) is 0 Å². The molecule has 0 aromatic rings. The van der Waals surface area contributed by atoms with E-state index in [-0.39, 0.29) is 1.43 Å². The molecule has 0 spiro atoms. The number of ether oxygens (including phenoxy) is 1. The lowest BCUT2D eigenvalue weighted by Crippen LogP contribution is -2.03. The highest BCUT2D eigenvalue weighted by atomic mass is 16.6. The molecule has 0 unspecified atom stereocenters. The fourth-order valence-corrected chi connectivity index (χ4v) is 0.202. The molecule has 1 radical (unpaired) electrons. The summed E-state index contributed by atoms with van der Waals surface area (Å²) in [6.07, 6.45) is 0. The van der Waals surface area contributed by atoms with Crippen LogP contribution in [0.5, 0.6) is 0 Å². The lowest BCUT2D eigenvalue weighted by Gasteiger charge is -1.87. The maximum Gasteiger partial charge on any atom is 0.310 e. The fraction of sp³-hybridized carbons (Fsp3) is 0.500. The Hall–Kier alpha value is -0.860. The van der Waals surface area contributed by atoms with Gasteiger partial charge >= 0.3 is 11.9 Å². The zero-order valence-electron chi connectivity index (χ0n) is 5.22. The molecule has 0 rings (SSSR count). The molecule has 0 aromatic heterocycles. The zero-order chi connectivity index (χ0) is 5.86. The Morgan fingerprint density at radius 3 is 1.57 bits per heavy atom. The van der Waals surface area contributed by atoms with E-state index in [1.54, 1.807) is 0 Å². The lowest BCUT2D eigenvalue weighted by molar-refractivity contribution is -0.156. The number of carbonyl (C=O) groups is 2. The average molecular weight is 103 g/mol. The Kier molecular flexibility index (Phi) is 2.05. The van der Waals surface area contributed by atoms with Gasteiger partial charge in [0.2, 0.25) is 0 Å². The first-order valence-electron chi connectivity index (χ1n) is 1.82. The van der Waals surface area contributed by atoms with Gasteiger partial charge in [-0.15, -0.1) is 0 Å². The van der Waals surface area contributed by atoms with Gasteiger partial charge in [0.15, 0.2) is 0 Å². The predicted octanol–water partition coefficient (Wildman–Crippen LogP) is 0.209. The standard InChI is InChI=1S/C4H6O3.H/c1-3(5)7-4(2)6;/h1-2H3;. The maximum absolute atomic E-state index is 9.81. The van der Waals surface area contributed by atoms with Crippen molar-refractivity contribution >= 4 is 11.9 Å². The summed E-state index contributed by atoms with van der Waals surface area (Å²) in [5, 5.41) is 0. The van der Waals surface area contributed by atoms with Crippen molar-refractivity contribution in [2.45, 2.75) is 13.8 Å². The Labute approximate surface area is 42.8 Å². The van der Waals surface area contributed by atoms with E-state index in [0.717, 1.165) is 0 Å². The summed E-state index contributed by atoms with van der Waals surface area (Å²) in [6, 6.07) is 0. The molecule has 0 aromatic carbocycles. The van der Waals surface area contributed by atoms with Crippen molar-refractivity contribution in [1.82, 2.24) is 0 Å². The average Bonchev–Trinajstić information content (AvgIpc) is 1.27. The molecule has 0 amide bonds. The van der Waals surface area contributed by atoms with Gasteiger partial charge in [-0.1, -0.05) is 0 Å². The van der Waals surface area contributed by atoms with Crippen LogP contribution in [0.4, 0.5) is 0 Å². The Bertz CT molecular complexity index is 87.5. The first-order valence-corrected chi connectivity index (χ1v) is 1.82. The summed E-state index contributed by atoms with van der Waals surface area (Å²) < 4.78 is 3.97. The van der Waals surface area contributed by atoms with Crippen LogP contribution in [0.15, 0.2) is 0 Å². The molecule has 0 saturated carbocycles. The van der Waals surface area contributed by atoms with Gasteiger partial charge in [-0.25, -0.2) is 0 Å². The summed E-state index contributed by atoms with van der Waals surface area (Å²) >= 11 is 0. The van der Waals surface area contributed by atoms with Crippen LogP contribution in [0.1, 0.15) is 15.3 Å². The molecule has 0 heterocycles. The van der Waals surface area contributed by atoms with Gasteiger partial charge in [0, 0.05) is 15.3 Å². The van der Waals surface area contributed by atoms with Gasteiger partial charge in [0.25, 0.3) is 0 Å². The van der Waals surface area contributed by atoms with E-state index in [4.69, 9.17) is 0 Å². The van der Waals surface area contributed by atoms with Crippen molar-refractivity contribution < 1.29 is 15.8 Å². The summed E-state index contributed by atoms with van der Waals surface area (Å²) in [5.74, 6) is -1.12. The van der Waals surface area contributed by atoms with Crippen LogP contribution in [-0.2, 0) is 14.3 Å². The molecule has 3 heteroatoms. The SMILES string of the molecule is CC(=O)OC(C)=O.[H]. The molecule has 0 aliphatic carbocycles. The number of rotatable bonds is 0. The van der Waals surface area contributed by atoms with Crippen molar-refractivity contribution in [3.05, 3.63) is 0 Å². The lowest BCUT2D eigenvalue weighted by atomic mass is 10.7. The van der Waals surface area contributed by atoms with Crippen LogP contribution in [-0.4, -0.2) is 11.9 Å². The Morgan fingerprint density at radius 1 is 1.29 bits per heavy atom. The first-order chi connectivity index (χ1) is 3.13. The highest BCUT2D eigenvalue weighted by molar-refractivity contribution is 5.82. The first kappa shape index (κ1) is 6.14. The molecule has 0 atom stereocenters. The number of carbonyl (C=O) groups excluding carboxylic acids is 2. The van der Waals surface area contributed by atoms with E-state index in [1.807, 2.05) is 0 Å². The number of esters is 2. The van der Waals surface area contributed by atoms with Crippen LogP contribution in [0, 0.1) is 0 Å². The molecule has 41 valence electrons. The minimum Gasteiger partial charge on any atom is -0.394 e. The van der Waals surface area contributed by atoms with Gasteiger partial charge in [0.05, 0.1) is 0 Å². The van der Waals surface area contributed by atoms with Gasteiger partial charge in [0.1, 0.15) is 0 Å². The molecule has 0 bridgehead atoms. The minimum absolute atomic E-state index is 0. The van der Waals surface area contributed by atoms with Crippen molar-refractivity contribution in [1.29, 1.82) is 0 Å². The summed E-state index contributed by atoms with van der Waals surface area (Å²) in [7, 11) is 0. The van der Waals surface area contributed by atoms with Crippen LogP contribution in [0.25, 0.3) is 0 Å². The molecule has 3 nitrogen and oxygen atoms in total. The van der Waals surface area contributed by atoms with Gasteiger partial charge in [-0.05, 0) is 0 Å². The number of hydrogen-bond acceptors (Lipinski definition) is 3. The normalized spacial score (nSPS) is 7.71. The topological polar surface area (TPSA) is 43.4 Å². The molecule has 0 saturated heterocycles. The van der Waals surface area contributed by atoms with Crippen LogP contribution in [0.2, 0.25) is 0 Å². The smallest absolute Gasteiger partial charge is 0.310 e. The summed E-state index contributed by atoms with van der Waals surface area (Å²) in [5.41, 5.74) is 0. The Morgan fingerprint density at radius 2 is 1.57 bits per heavy atom. The van der Waals surface area contributed by atoms with Crippen molar-refractivity contribution in [2.24, 2.45) is 0 Å². The minimum atomic E-state index is -0.562. The molecule has 0 N–H and O–H groups in total. The zero-order valence-corrected chi connectivity index (χ0v) is 4.22. The van der Waals surface area contributed by atoms with E-state index in [0.29, 0.717) is 0 Å². The van der Waals surface area contributed by atoms with E-state index in [9.17, 15) is 9.59 Å². The van der Waals surface area contributed by atoms with E-state index in [1.165, 1.54) is 13.8 Å². The third-order valence-corrected chi connectivity index (χ3v) is 0.287.